The van der Waals surface area contributed by atoms with E-state index >= 15 is 0 Å². The van der Waals surface area contributed by atoms with E-state index in [4.69, 9.17) is 15.0 Å². The molecule has 3 aromatic heterocycles. The highest BCUT2D eigenvalue weighted by Crippen LogP contribution is 2.40. The Morgan fingerprint density at radius 3 is 1.26 bits per heavy atom. The molecule has 0 spiro atoms. The van der Waals surface area contributed by atoms with Crippen molar-refractivity contribution in [2.45, 2.75) is 52.4 Å². The van der Waals surface area contributed by atoms with Crippen molar-refractivity contribution in [3.63, 3.8) is 0 Å². The summed E-state index contributed by atoms with van der Waals surface area (Å²) in [5.74, 6) is 1.55. The van der Waals surface area contributed by atoms with Gasteiger partial charge in [0.2, 0.25) is 5.95 Å². The fourth-order valence-corrected chi connectivity index (χ4v) is 9.34. The van der Waals surface area contributed by atoms with E-state index in [1.807, 2.05) is 60.7 Å². The van der Waals surface area contributed by atoms with Crippen LogP contribution >= 0.6 is 0 Å². The Hall–Kier alpha value is -8.14. The normalized spacial score (nSPS) is 12.1. The van der Waals surface area contributed by atoms with Gasteiger partial charge in [-0.3, -0.25) is 4.57 Å². The van der Waals surface area contributed by atoms with E-state index in [-0.39, 0.29) is 10.8 Å². The molecule has 0 atom stereocenters. The molecule has 0 aliphatic heterocycles. The molecule has 0 radical (unpaired) electrons. The zero-order chi connectivity index (χ0) is 45.3. The van der Waals surface area contributed by atoms with Crippen LogP contribution in [-0.4, -0.2) is 24.1 Å². The van der Waals surface area contributed by atoms with Crippen LogP contribution in [0.5, 0.6) is 0 Å². The fourth-order valence-electron chi connectivity index (χ4n) is 9.34. The van der Waals surface area contributed by atoms with Crippen molar-refractivity contribution in [3.8, 4) is 62.7 Å². The molecule has 8 aromatic carbocycles. The summed E-state index contributed by atoms with van der Waals surface area (Å²) < 4.78 is 4.40. The number of fused-ring (bicyclic) bond motifs is 6. The predicted octanol–water partition coefficient (Wildman–Crippen LogP) is 15.2. The Morgan fingerprint density at radius 2 is 0.788 bits per heavy atom. The van der Waals surface area contributed by atoms with Crippen LogP contribution in [0.3, 0.4) is 0 Å². The molecular formula is C60H48N6. The molecule has 318 valence electrons. The van der Waals surface area contributed by atoms with Gasteiger partial charge in [0, 0.05) is 32.7 Å². The molecule has 66 heavy (non-hydrogen) atoms. The van der Waals surface area contributed by atoms with Crippen LogP contribution in [-0.2, 0) is 10.8 Å². The smallest absolute Gasteiger partial charge is 0.238 e. The first-order chi connectivity index (χ1) is 31.9. The second kappa shape index (κ2) is 15.5. The van der Waals surface area contributed by atoms with Gasteiger partial charge >= 0.3 is 0 Å². The van der Waals surface area contributed by atoms with Gasteiger partial charge in [0.1, 0.15) is 6.07 Å². The number of nitriles is 1. The number of hydrogen-bond acceptors (Lipinski definition) is 4. The van der Waals surface area contributed by atoms with Crippen LogP contribution in [0, 0.1) is 11.3 Å². The zero-order valence-electron chi connectivity index (χ0n) is 38.0. The summed E-state index contributed by atoms with van der Waals surface area (Å²) in [6, 6.07) is 66.4. The highest BCUT2D eigenvalue weighted by Gasteiger charge is 2.24. The molecule has 0 N–H and O–H groups in total. The number of nitrogens with zero attached hydrogens (tertiary/aromatic N) is 6. The lowest BCUT2D eigenvalue weighted by molar-refractivity contribution is 0.590. The molecular weight excluding hydrogens is 805 g/mol. The SMILES string of the molecule is CC(C)(C)c1ccc2c(c1)c1cc(C(C)(C)C)ccc1n2-c1nc(-c2ccccc2)nc(-c2ccc(-n3c4ccc(-c5ccccc5)cc4c4cc(-c5ccccc5)ccc43)c(C#N)c2)n1. The Labute approximate surface area is 385 Å². The van der Waals surface area contributed by atoms with Crippen molar-refractivity contribution in [1.82, 2.24) is 24.1 Å². The molecule has 0 saturated carbocycles. The predicted molar refractivity (Wildman–Crippen MR) is 272 cm³/mol. The van der Waals surface area contributed by atoms with Crippen LogP contribution in [0.1, 0.15) is 58.2 Å². The second-order valence-electron chi connectivity index (χ2n) is 19.3. The van der Waals surface area contributed by atoms with Gasteiger partial charge in [-0.15, -0.1) is 0 Å². The Morgan fingerprint density at radius 1 is 0.379 bits per heavy atom. The van der Waals surface area contributed by atoms with Crippen molar-refractivity contribution >= 4 is 43.6 Å². The van der Waals surface area contributed by atoms with E-state index in [1.165, 1.54) is 11.1 Å². The van der Waals surface area contributed by atoms with Crippen molar-refractivity contribution < 1.29 is 0 Å². The fraction of sp³-hybridized carbons (Fsp3) is 0.133. The minimum Gasteiger partial charge on any atom is -0.308 e. The van der Waals surface area contributed by atoms with Crippen molar-refractivity contribution in [3.05, 3.63) is 199 Å². The number of hydrogen-bond donors (Lipinski definition) is 0. The molecule has 0 bridgehead atoms. The summed E-state index contributed by atoms with van der Waals surface area (Å²) in [5.41, 5.74) is 14.0. The first-order valence-electron chi connectivity index (χ1n) is 22.6. The molecule has 0 unspecified atom stereocenters. The summed E-state index contributed by atoms with van der Waals surface area (Å²) >= 11 is 0. The highest BCUT2D eigenvalue weighted by molar-refractivity contribution is 6.12. The van der Waals surface area contributed by atoms with Crippen LogP contribution in [0.2, 0.25) is 0 Å². The van der Waals surface area contributed by atoms with E-state index in [0.29, 0.717) is 23.2 Å². The molecule has 0 aliphatic rings. The van der Waals surface area contributed by atoms with Gasteiger partial charge in [-0.05, 0) is 111 Å². The topological polar surface area (TPSA) is 72.3 Å². The van der Waals surface area contributed by atoms with E-state index in [2.05, 4.69) is 178 Å². The molecule has 0 fully saturated rings. The maximum absolute atomic E-state index is 11.0. The Bertz CT molecular complexity index is 3540. The van der Waals surface area contributed by atoms with Gasteiger partial charge in [0.05, 0.1) is 33.3 Å². The van der Waals surface area contributed by atoms with Gasteiger partial charge in [-0.25, -0.2) is 4.98 Å². The molecule has 6 nitrogen and oxygen atoms in total. The van der Waals surface area contributed by atoms with Crippen molar-refractivity contribution in [1.29, 1.82) is 5.26 Å². The molecule has 11 rings (SSSR count). The third kappa shape index (κ3) is 7.01. The quantitative estimate of drug-likeness (QED) is 0.167. The number of benzene rings is 8. The van der Waals surface area contributed by atoms with Gasteiger partial charge in [-0.2, -0.15) is 15.2 Å². The Kier molecular flexibility index (Phi) is 9.56. The molecule has 0 aliphatic carbocycles. The lowest BCUT2D eigenvalue weighted by Gasteiger charge is -2.19. The third-order valence-corrected chi connectivity index (χ3v) is 12.9. The Balaban J connectivity index is 1.11. The minimum absolute atomic E-state index is 0.0366. The third-order valence-electron chi connectivity index (χ3n) is 12.9. The van der Waals surface area contributed by atoms with Crippen LogP contribution in [0.25, 0.3) is 100 Å². The molecule has 11 aromatic rings. The van der Waals surface area contributed by atoms with Crippen molar-refractivity contribution in [2.75, 3.05) is 0 Å². The minimum atomic E-state index is -0.0366. The maximum atomic E-state index is 11.0. The van der Waals surface area contributed by atoms with Crippen LogP contribution < -0.4 is 0 Å². The first-order valence-corrected chi connectivity index (χ1v) is 22.6. The largest absolute Gasteiger partial charge is 0.308 e. The average molecular weight is 853 g/mol. The van der Waals surface area contributed by atoms with E-state index in [0.717, 1.165) is 82.7 Å². The molecule has 6 heteroatoms. The number of aromatic nitrogens is 5. The van der Waals surface area contributed by atoms with Crippen LogP contribution in [0.4, 0.5) is 0 Å². The van der Waals surface area contributed by atoms with Crippen LogP contribution in [0.15, 0.2) is 182 Å². The summed E-state index contributed by atoms with van der Waals surface area (Å²) in [4.78, 5) is 15.6. The zero-order valence-corrected chi connectivity index (χ0v) is 38.0. The van der Waals surface area contributed by atoms with Gasteiger partial charge in [0.15, 0.2) is 11.6 Å². The van der Waals surface area contributed by atoms with Gasteiger partial charge in [0.25, 0.3) is 0 Å². The number of rotatable bonds is 6. The summed E-state index contributed by atoms with van der Waals surface area (Å²) in [7, 11) is 0. The highest BCUT2D eigenvalue weighted by atomic mass is 15.2. The monoisotopic (exact) mass is 852 g/mol. The lowest BCUT2D eigenvalue weighted by atomic mass is 9.85. The maximum Gasteiger partial charge on any atom is 0.238 e. The van der Waals surface area contributed by atoms with E-state index < -0.39 is 0 Å². The van der Waals surface area contributed by atoms with E-state index in [1.54, 1.807) is 0 Å². The molecule has 0 saturated heterocycles. The lowest BCUT2D eigenvalue weighted by Crippen LogP contribution is -2.10. The molecule has 0 amide bonds. The summed E-state index contributed by atoms with van der Waals surface area (Å²) in [5, 5.41) is 15.6. The van der Waals surface area contributed by atoms with E-state index in [9.17, 15) is 5.26 Å². The van der Waals surface area contributed by atoms with Gasteiger partial charge in [-0.1, -0.05) is 157 Å². The standard InChI is InChI=1S/C60H48N6/c1-59(2,3)45-25-30-54-49(35-45)50-36-46(60(4,5)6)26-31-55(50)66(54)58-63-56(40-20-14-9-15-21-40)62-57(64-58)43-24-27-51(44(32-43)37-61)65-52-28-22-41(38-16-10-7-11-17-38)33-47(52)48-34-42(23-29-53(48)65)39-18-12-8-13-19-39/h7-36H,1-6H3. The summed E-state index contributed by atoms with van der Waals surface area (Å²) in [6.45, 7) is 13.5. The first kappa shape index (κ1) is 40.6. The molecule has 3 heterocycles. The van der Waals surface area contributed by atoms with Gasteiger partial charge < -0.3 is 4.57 Å². The average Bonchev–Trinajstić information content (AvgIpc) is 3.85. The summed E-state index contributed by atoms with van der Waals surface area (Å²) in [6.07, 6.45) is 0. The second-order valence-corrected chi connectivity index (χ2v) is 19.3. The van der Waals surface area contributed by atoms with Crippen molar-refractivity contribution in [2.24, 2.45) is 0 Å².